The summed E-state index contributed by atoms with van der Waals surface area (Å²) in [5.74, 6) is 0. The minimum atomic E-state index is 0.778. The Kier molecular flexibility index (Phi) is 4.46. The van der Waals surface area contributed by atoms with Crippen LogP contribution in [0.15, 0.2) is 22.7 Å². The second-order valence-corrected chi connectivity index (χ2v) is 5.64. The molecule has 0 aromatic heterocycles. The van der Waals surface area contributed by atoms with Gasteiger partial charge in [0.2, 0.25) is 0 Å². The number of rotatable bonds is 6. The van der Waals surface area contributed by atoms with Crippen molar-refractivity contribution in [1.82, 2.24) is 5.32 Å². The van der Waals surface area contributed by atoms with E-state index < -0.39 is 0 Å². The molecule has 2 nitrogen and oxygen atoms in total. The molecule has 1 saturated carbocycles. The number of anilines is 1. The van der Waals surface area contributed by atoms with Crippen LogP contribution in [0, 0.1) is 0 Å². The Hall–Kier alpha value is -0.540. The molecule has 0 heterocycles. The molecule has 17 heavy (non-hydrogen) atoms. The first-order valence-electron chi connectivity index (χ1n) is 6.46. The Bertz CT molecular complexity index is 374. The van der Waals surface area contributed by atoms with Gasteiger partial charge in [0, 0.05) is 29.3 Å². The SMILES string of the molecule is CCCN(c1cc(Br)ccc1CNC)C1CC1. The van der Waals surface area contributed by atoms with Crippen molar-refractivity contribution < 1.29 is 0 Å². The Morgan fingerprint density at radius 2 is 2.18 bits per heavy atom. The van der Waals surface area contributed by atoms with Crippen LogP contribution >= 0.6 is 15.9 Å². The highest BCUT2D eigenvalue weighted by atomic mass is 79.9. The molecule has 0 bridgehead atoms. The average molecular weight is 297 g/mol. The summed E-state index contributed by atoms with van der Waals surface area (Å²) in [5.41, 5.74) is 2.80. The van der Waals surface area contributed by atoms with Crippen LogP contribution in [-0.4, -0.2) is 19.6 Å². The number of nitrogens with zero attached hydrogens (tertiary/aromatic N) is 1. The molecule has 1 aliphatic rings. The number of nitrogens with one attached hydrogen (secondary N) is 1. The minimum Gasteiger partial charge on any atom is -0.368 e. The molecule has 0 atom stereocenters. The van der Waals surface area contributed by atoms with Gasteiger partial charge in [-0.15, -0.1) is 0 Å². The van der Waals surface area contributed by atoms with E-state index in [-0.39, 0.29) is 0 Å². The second kappa shape index (κ2) is 5.87. The Balaban J connectivity index is 2.28. The molecule has 0 amide bonds. The van der Waals surface area contributed by atoms with Gasteiger partial charge >= 0.3 is 0 Å². The summed E-state index contributed by atoms with van der Waals surface area (Å²) in [6.07, 6.45) is 3.92. The molecule has 2 rings (SSSR count). The Morgan fingerprint density at radius 3 is 2.76 bits per heavy atom. The summed E-state index contributed by atoms with van der Waals surface area (Å²) < 4.78 is 1.18. The summed E-state index contributed by atoms with van der Waals surface area (Å²) in [6, 6.07) is 7.40. The van der Waals surface area contributed by atoms with Gasteiger partial charge in [-0.1, -0.05) is 28.9 Å². The van der Waals surface area contributed by atoms with Crippen LogP contribution in [0.2, 0.25) is 0 Å². The van der Waals surface area contributed by atoms with E-state index in [0.29, 0.717) is 0 Å². The lowest BCUT2D eigenvalue weighted by Crippen LogP contribution is -2.28. The number of hydrogen-bond donors (Lipinski definition) is 1. The van der Waals surface area contributed by atoms with Gasteiger partial charge in [0.15, 0.2) is 0 Å². The van der Waals surface area contributed by atoms with Crippen molar-refractivity contribution in [3.8, 4) is 0 Å². The van der Waals surface area contributed by atoms with Gasteiger partial charge in [0.25, 0.3) is 0 Å². The van der Waals surface area contributed by atoms with Gasteiger partial charge in [-0.25, -0.2) is 0 Å². The third-order valence-corrected chi connectivity index (χ3v) is 3.67. The highest BCUT2D eigenvalue weighted by Gasteiger charge is 2.29. The maximum Gasteiger partial charge on any atom is 0.0425 e. The minimum absolute atomic E-state index is 0.778. The van der Waals surface area contributed by atoms with E-state index in [0.717, 1.165) is 19.1 Å². The van der Waals surface area contributed by atoms with Crippen molar-refractivity contribution >= 4 is 21.6 Å². The molecule has 0 unspecified atom stereocenters. The third-order valence-electron chi connectivity index (χ3n) is 3.18. The first-order valence-corrected chi connectivity index (χ1v) is 7.25. The predicted octanol–water partition coefficient (Wildman–Crippen LogP) is 3.55. The van der Waals surface area contributed by atoms with Crippen molar-refractivity contribution in [1.29, 1.82) is 0 Å². The van der Waals surface area contributed by atoms with Crippen molar-refractivity contribution in [3.05, 3.63) is 28.2 Å². The lowest BCUT2D eigenvalue weighted by molar-refractivity contribution is 0.745. The van der Waals surface area contributed by atoms with Crippen molar-refractivity contribution in [2.45, 2.75) is 38.8 Å². The van der Waals surface area contributed by atoms with Crippen molar-refractivity contribution in [3.63, 3.8) is 0 Å². The smallest absolute Gasteiger partial charge is 0.0425 e. The molecule has 1 N–H and O–H groups in total. The number of hydrogen-bond acceptors (Lipinski definition) is 2. The van der Waals surface area contributed by atoms with Gasteiger partial charge in [-0.2, -0.15) is 0 Å². The first-order chi connectivity index (χ1) is 8.26. The molecular formula is C14H21BrN2. The standard InChI is InChI=1S/C14H21BrN2/c1-3-8-17(13-6-7-13)14-9-12(15)5-4-11(14)10-16-2/h4-5,9,13,16H,3,6-8,10H2,1-2H3. The predicted molar refractivity (Wildman–Crippen MR) is 77.6 cm³/mol. The maximum absolute atomic E-state index is 3.59. The normalized spacial score (nSPS) is 15.0. The lowest BCUT2D eigenvalue weighted by Gasteiger charge is -2.27. The highest BCUT2D eigenvalue weighted by molar-refractivity contribution is 9.10. The second-order valence-electron chi connectivity index (χ2n) is 4.73. The van der Waals surface area contributed by atoms with E-state index in [1.54, 1.807) is 0 Å². The average Bonchev–Trinajstić information content (AvgIpc) is 3.13. The molecule has 0 radical (unpaired) electrons. The quantitative estimate of drug-likeness (QED) is 0.864. The zero-order valence-electron chi connectivity index (χ0n) is 10.7. The summed E-state index contributed by atoms with van der Waals surface area (Å²) in [6.45, 7) is 4.36. The maximum atomic E-state index is 3.59. The van der Waals surface area contributed by atoms with Crippen LogP contribution in [0.25, 0.3) is 0 Å². The van der Waals surface area contributed by atoms with Gasteiger partial charge < -0.3 is 10.2 Å². The highest BCUT2D eigenvalue weighted by Crippen LogP contribution is 2.35. The molecule has 1 fully saturated rings. The third kappa shape index (κ3) is 3.23. The Labute approximate surface area is 113 Å². The van der Waals surface area contributed by atoms with Crippen LogP contribution in [-0.2, 0) is 6.54 Å². The Morgan fingerprint density at radius 1 is 1.41 bits per heavy atom. The van der Waals surface area contributed by atoms with Gasteiger partial charge in [-0.05, 0) is 44.0 Å². The van der Waals surface area contributed by atoms with Crippen LogP contribution in [0.3, 0.4) is 0 Å². The van der Waals surface area contributed by atoms with Gasteiger partial charge in [-0.3, -0.25) is 0 Å². The fraction of sp³-hybridized carbons (Fsp3) is 0.571. The molecule has 1 aromatic carbocycles. The summed E-state index contributed by atoms with van der Waals surface area (Å²) in [4.78, 5) is 2.58. The van der Waals surface area contributed by atoms with Crippen LogP contribution in [0.1, 0.15) is 31.7 Å². The molecule has 1 aromatic rings. The topological polar surface area (TPSA) is 15.3 Å². The fourth-order valence-electron chi connectivity index (χ4n) is 2.27. The molecule has 0 saturated heterocycles. The molecule has 0 spiro atoms. The van der Waals surface area contributed by atoms with E-state index in [4.69, 9.17) is 0 Å². The number of benzene rings is 1. The van der Waals surface area contributed by atoms with Crippen molar-refractivity contribution in [2.75, 3.05) is 18.5 Å². The number of halogens is 1. The van der Waals surface area contributed by atoms with Crippen LogP contribution in [0.5, 0.6) is 0 Å². The summed E-state index contributed by atoms with van der Waals surface area (Å²) >= 11 is 3.59. The largest absolute Gasteiger partial charge is 0.368 e. The van der Waals surface area contributed by atoms with Crippen molar-refractivity contribution in [2.24, 2.45) is 0 Å². The van der Waals surface area contributed by atoms with Crippen LogP contribution < -0.4 is 10.2 Å². The monoisotopic (exact) mass is 296 g/mol. The van der Waals surface area contributed by atoms with E-state index in [1.807, 2.05) is 7.05 Å². The summed E-state index contributed by atoms with van der Waals surface area (Å²) in [5, 5.41) is 3.26. The zero-order valence-corrected chi connectivity index (χ0v) is 12.3. The summed E-state index contributed by atoms with van der Waals surface area (Å²) in [7, 11) is 2.01. The molecule has 1 aliphatic carbocycles. The van der Waals surface area contributed by atoms with Gasteiger partial charge in [0.1, 0.15) is 0 Å². The van der Waals surface area contributed by atoms with Crippen LogP contribution in [0.4, 0.5) is 5.69 Å². The fourth-order valence-corrected chi connectivity index (χ4v) is 2.62. The molecule has 3 heteroatoms. The molecular weight excluding hydrogens is 276 g/mol. The zero-order chi connectivity index (χ0) is 12.3. The van der Waals surface area contributed by atoms with E-state index >= 15 is 0 Å². The van der Waals surface area contributed by atoms with E-state index in [2.05, 4.69) is 51.3 Å². The molecule has 94 valence electrons. The van der Waals surface area contributed by atoms with Gasteiger partial charge in [0.05, 0.1) is 0 Å². The first kappa shape index (κ1) is 12.9. The molecule has 0 aliphatic heterocycles. The lowest BCUT2D eigenvalue weighted by atomic mass is 10.1. The van der Waals surface area contributed by atoms with E-state index in [9.17, 15) is 0 Å². The van der Waals surface area contributed by atoms with E-state index in [1.165, 1.54) is 35.0 Å².